The Morgan fingerprint density at radius 1 is 1.38 bits per heavy atom. The lowest BCUT2D eigenvalue weighted by Gasteiger charge is -2.24. The quantitative estimate of drug-likeness (QED) is 0.653. The van der Waals surface area contributed by atoms with Gasteiger partial charge in [0.05, 0.1) is 0 Å². The van der Waals surface area contributed by atoms with Crippen LogP contribution in [0, 0.1) is 6.92 Å². The second-order valence-corrected chi connectivity index (χ2v) is 9.73. The van der Waals surface area contributed by atoms with E-state index in [1.54, 1.807) is 46.9 Å². The van der Waals surface area contributed by atoms with Gasteiger partial charge < -0.3 is 5.11 Å². The summed E-state index contributed by atoms with van der Waals surface area (Å²) in [4.78, 5) is 0. The lowest BCUT2D eigenvalue weighted by molar-refractivity contribution is 0.188. The molecule has 16 heavy (non-hydrogen) atoms. The molecule has 1 N–H and O–H groups in total. The van der Waals surface area contributed by atoms with Crippen LogP contribution < -0.4 is 0 Å². The lowest BCUT2D eigenvalue weighted by atomic mass is 10.1. The number of aliphatic hydroxyl groups is 1. The lowest BCUT2D eigenvalue weighted by Crippen LogP contribution is -2.31. The monoisotopic (exact) mass is 374 g/mol. The van der Waals surface area contributed by atoms with Gasteiger partial charge >= 0.3 is 0 Å². The van der Waals surface area contributed by atoms with Crippen molar-refractivity contribution in [3.05, 3.63) is 35.4 Å². The van der Waals surface area contributed by atoms with Crippen LogP contribution in [0.2, 0.25) is 0 Å². The average Bonchev–Trinajstić information content (AvgIpc) is 2.16. The molecule has 0 aromatic heterocycles. The van der Waals surface area contributed by atoms with Crippen molar-refractivity contribution in [3.8, 4) is 0 Å². The molecule has 0 heterocycles. The van der Waals surface area contributed by atoms with Crippen LogP contribution in [0.4, 0.5) is 0 Å². The Balaban J connectivity index is 3.12. The van der Waals surface area contributed by atoms with Gasteiger partial charge in [0.1, 0.15) is 6.10 Å². The Morgan fingerprint density at radius 3 is 2.19 bits per heavy atom. The number of sulfone groups is 1. The smallest absolute Gasteiger partial charge is 0.224 e. The minimum Gasteiger partial charge on any atom is -0.385 e. The highest BCUT2D eigenvalue weighted by Crippen LogP contribution is 2.42. The predicted octanol–water partition coefficient (Wildman–Crippen LogP) is 2.40. The number of halogens is 2. The molecular weight excluding hydrogens is 363 g/mol. The molecule has 0 bridgehead atoms. The SMILES string of the molecule is Cc1ccc([C@H](O)[C@](Cl)(I)S(C)(=O)=O)cc1. The van der Waals surface area contributed by atoms with Gasteiger partial charge in [-0.15, -0.1) is 0 Å². The number of benzene rings is 1. The Labute approximate surface area is 114 Å². The predicted molar refractivity (Wildman–Crippen MR) is 73.6 cm³/mol. The molecule has 0 aliphatic rings. The Bertz CT molecular complexity index is 467. The third-order valence-corrected chi connectivity index (χ3v) is 7.46. The third kappa shape index (κ3) is 2.88. The van der Waals surface area contributed by atoms with E-state index < -0.39 is 18.2 Å². The number of hydrogen-bond acceptors (Lipinski definition) is 3. The van der Waals surface area contributed by atoms with E-state index in [9.17, 15) is 13.5 Å². The molecule has 0 unspecified atom stereocenters. The second-order valence-electron chi connectivity index (χ2n) is 3.65. The fourth-order valence-corrected chi connectivity index (χ4v) is 2.17. The molecule has 1 rings (SSSR count). The van der Waals surface area contributed by atoms with Crippen molar-refractivity contribution in [2.24, 2.45) is 0 Å². The maximum Gasteiger partial charge on any atom is 0.224 e. The zero-order valence-corrected chi connectivity index (χ0v) is 12.5. The van der Waals surface area contributed by atoms with Crippen LogP contribution in [0.5, 0.6) is 0 Å². The fraction of sp³-hybridized carbons (Fsp3) is 0.400. The molecule has 3 nitrogen and oxygen atoms in total. The van der Waals surface area contributed by atoms with E-state index in [1.165, 1.54) is 0 Å². The van der Waals surface area contributed by atoms with Crippen LogP contribution in [0.25, 0.3) is 0 Å². The van der Waals surface area contributed by atoms with E-state index in [2.05, 4.69) is 0 Å². The summed E-state index contributed by atoms with van der Waals surface area (Å²) in [6.07, 6.45) is -0.255. The number of aliphatic hydroxyl groups excluding tert-OH is 1. The Kier molecular flexibility index (Phi) is 4.26. The van der Waals surface area contributed by atoms with Crippen molar-refractivity contribution >= 4 is 44.0 Å². The van der Waals surface area contributed by atoms with E-state index in [0.717, 1.165) is 11.8 Å². The zero-order chi connectivity index (χ0) is 12.6. The van der Waals surface area contributed by atoms with Gasteiger partial charge in [0, 0.05) is 6.26 Å². The van der Waals surface area contributed by atoms with Crippen LogP contribution >= 0.6 is 34.2 Å². The highest BCUT2D eigenvalue weighted by Gasteiger charge is 2.43. The van der Waals surface area contributed by atoms with Crippen molar-refractivity contribution in [3.63, 3.8) is 0 Å². The molecule has 0 amide bonds. The van der Waals surface area contributed by atoms with Crippen LogP contribution in [0.15, 0.2) is 24.3 Å². The second kappa shape index (κ2) is 4.80. The topological polar surface area (TPSA) is 54.4 Å². The van der Waals surface area contributed by atoms with Gasteiger partial charge in [0.2, 0.25) is 2.21 Å². The summed E-state index contributed by atoms with van der Waals surface area (Å²) in [7, 11) is -3.56. The number of hydrogen-bond donors (Lipinski definition) is 1. The largest absolute Gasteiger partial charge is 0.385 e. The Morgan fingerprint density at radius 2 is 1.81 bits per heavy atom. The molecule has 0 fully saturated rings. The molecule has 2 atom stereocenters. The van der Waals surface area contributed by atoms with E-state index >= 15 is 0 Å². The molecule has 0 aliphatic heterocycles. The first-order chi connectivity index (χ1) is 7.16. The molecule has 0 aliphatic carbocycles. The summed E-state index contributed by atoms with van der Waals surface area (Å²) in [6, 6.07) is 6.93. The molecule has 0 saturated heterocycles. The maximum absolute atomic E-state index is 11.4. The van der Waals surface area contributed by atoms with Gasteiger partial charge in [-0.2, -0.15) is 0 Å². The minimum atomic E-state index is -3.56. The maximum atomic E-state index is 11.4. The summed E-state index contributed by atoms with van der Waals surface area (Å²) >= 11 is 7.43. The van der Waals surface area contributed by atoms with E-state index in [4.69, 9.17) is 11.6 Å². The number of alkyl halides is 2. The molecule has 0 spiro atoms. The highest BCUT2D eigenvalue weighted by molar-refractivity contribution is 14.1. The molecule has 90 valence electrons. The molecule has 6 heteroatoms. The van der Waals surface area contributed by atoms with Gasteiger partial charge in [-0.1, -0.05) is 41.4 Å². The number of aryl methyl sites for hydroxylation is 1. The van der Waals surface area contributed by atoms with Crippen LogP contribution in [0.1, 0.15) is 17.2 Å². The molecular formula is C10H12ClIO3S. The number of rotatable bonds is 3. The normalized spacial score (nSPS) is 17.8. The standard InChI is InChI=1S/C10H12ClIO3S/c1-7-3-5-8(6-4-7)9(13)10(11,12)16(2,14)15/h3-6,9,13H,1-2H3/t9-,10-/m0/s1. The van der Waals surface area contributed by atoms with Crippen LogP contribution in [0.3, 0.4) is 0 Å². The highest BCUT2D eigenvalue weighted by atomic mass is 127. The fourth-order valence-electron chi connectivity index (χ4n) is 1.15. The third-order valence-electron chi connectivity index (χ3n) is 2.21. The summed E-state index contributed by atoms with van der Waals surface area (Å²) < 4.78 is 21.1. The van der Waals surface area contributed by atoms with Crippen molar-refractivity contribution in [1.29, 1.82) is 0 Å². The van der Waals surface area contributed by atoms with Crippen molar-refractivity contribution in [2.75, 3.05) is 6.26 Å². The molecule has 0 saturated carbocycles. The Hall–Kier alpha value is 0.150. The van der Waals surface area contributed by atoms with Crippen LogP contribution in [-0.2, 0) is 9.84 Å². The van der Waals surface area contributed by atoms with Crippen molar-refractivity contribution in [1.82, 2.24) is 0 Å². The first-order valence-corrected chi connectivity index (χ1v) is 7.83. The summed E-state index contributed by atoms with van der Waals surface area (Å²) in [5, 5.41) is 9.96. The van der Waals surface area contributed by atoms with Crippen LogP contribution in [-0.4, -0.2) is 22.0 Å². The minimum absolute atomic E-state index is 0.487. The van der Waals surface area contributed by atoms with Gasteiger partial charge in [0.25, 0.3) is 0 Å². The van der Waals surface area contributed by atoms with E-state index in [-0.39, 0.29) is 0 Å². The van der Waals surface area contributed by atoms with Gasteiger partial charge in [-0.3, -0.25) is 0 Å². The summed E-state index contributed by atoms with van der Waals surface area (Å²) in [5.41, 5.74) is 1.52. The molecule has 1 aromatic rings. The van der Waals surface area contributed by atoms with Crippen molar-refractivity contribution in [2.45, 2.75) is 15.2 Å². The molecule has 0 radical (unpaired) electrons. The van der Waals surface area contributed by atoms with E-state index in [0.29, 0.717) is 5.56 Å². The van der Waals surface area contributed by atoms with Crippen molar-refractivity contribution < 1.29 is 13.5 Å². The summed E-state index contributed by atoms with van der Waals surface area (Å²) in [6.45, 7) is 1.91. The van der Waals surface area contributed by atoms with Gasteiger partial charge in [-0.25, -0.2) is 8.42 Å². The van der Waals surface area contributed by atoms with Gasteiger partial charge in [0.15, 0.2) is 9.84 Å². The first-order valence-electron chi connectivity index (χ1n) is 4.48. The molecule has 1 aromatic carbocycles. The first kappa shape index (κ1) is 14.2. The van der Waals surface area contributed by atoms with E-state index in [1.807, 2.05) is 6.92 Å². The summed E-state index contributed by atoms with van der Waals surface area (Å²) in [5.74, 6) is 0. The zero-order valence-electron chi connectivity index (χ0n) is 8.81. The van der Waals surface area contributed by atoms with Gasteiger partial charge in [-0.05, 0) is 35.1 Å². The average molecular weight is 375 g/mol.